The first-order valence-corrected chi connectivity index (χ1v) is 8.17. The summed E-state index contributed by atoms with van der Waals surface area (Å²) in [5.41, 5.74) is 0. The molecule has 1 N–H and O–H groups in total. The zero-order valence-electron chi connectivity index (χ0n) is 13.1. The number of rotatable bonds is 6. The van der Waals surface area contributed by atoms with Crippen LogP contribution in [0.1, 0.15) is 43.9 Å². The van der Waals surface area contributed by atoms with Crippen LogP contribution in [0.4, 0.5) is 0 Å². The number of aryl methyl sites for hydroxylation is 1. The van der Waals surface area contributed by atoms with Crippen LogP contribution in [0.5, 0.6) is 0 Å². The van der Waals surface area contributed by atoms with Crippen LogP contribution < -0.4 is 5.32 Å². The molecule has 0 radical (unpaired) electrons. The number of nitrogens with zero attached hydrogens (tertiary/aromatic N) is 3. The lowest BCUT2D eigenvalue weighted by Gasteiger charge is -2.21. The van der Waals surface area contributed by atoms with Crippen LogP contribution >= 0.6 is 0 Å². The van der Waals surface area contributed by atoms with Crippen molar-refractivity contribution in [1.29, 1.82) is 0 Å². The van der Waals surface area contributed by atoms with Gasteiger partial charge in [0.25, 0.3) is 0 Å². The van der Waals surface area contributed by atoms with E-state index in [1.54, 1.807) is 0 Å². The van der Waals surface area contributed by atoms with Crippen LogP contribution in [-0.4, -0.2) is 53.8 Å². The topological polar surface area (TPSA) is 80.5 Å². The van der Waals surface area contributed by atoms with E-state index in [1.165, 1.54) is 0 Å². The average molecular weight is 308 g/mol. The van der Waals surface area contributed by atoms with Gasteiger partial charge in [0.05, 0.1) is 19.2 Å². The summed E-state index contributed by atoms with van der Waals surface area (Å²) in [5.74, 6) is 1.90. The number of amides is 1. The molecule has 2 fully saturated rings. The number of aromatic nitrogens is 2. The van der Waals surface area contributed by atoms with Crippen molar-refractivity contribution in [2.75, 3.05) is 32.8 Å². The molecule has 2 atom stereocenters. The molecule has 7 nitrogen and oxygen atoms in total. The zero-order chi connectivity index (χ0) is 15.4. The molecule has 1 aromatic heterocycles. The molecule has 0 saturated carbocycles. The van der Waals surface area contributed by atoms with E-state index >= 15 is 0 Å². The SMILES string of the molecule is CCc1nc([C@@H]2CCCN2CC(=O)NC[C@@H]2CCOC2)no1. The third kappa shape index (κ3) is 3.64. The number of hydrogen-bond donors (Lipinski definition) is 1. The molecule has 3 rings (SSSR count). The molecule has 0 spiro atoms. The number of nitrogens with one attached hydrogen (secondary N) is 1. The molecule has 0 bridgehead atoms. The predicted octanol–water partition coefficient (Wildman–Crippen LogP) is 0.922. The third-order valence-corrected chi connectivity index (χ3v) is 4.41. The summed E-state index contributed by atoms with van der Waals surface area (Å²) in [5, 5.41) is 7.07. The first-order chi connectivity index (χ1) is 10.8. The fraction of sp³-hybridized carbons (Fsp3) is 0.800. The van der Waals surface area contributed by atoms with Crippen LogP contribution in [0.15, 0.2) is 4.52 Å². The van der Waals surface area contributed by atoms with Gasteiger partial charge in [-0.25, -0.2) is 0 Å². The Labute approximate surface area is 130 Å². The van der Waals surface area contributed by atoms with Gasteiger partial charge in [-0.1, -0.05) is 12.1 Å². The molecular weight excluding hydrogens is 284 g/mol. The molecule has 7 heteroatoms. The van der Waals surface area contributed by atoms with Gasteiger partial charge in [-0.15, -0.1) is 0 Å². The van der Waals surface area contributed by atoms with Gasteiger partial charge in [0.2, 0.25) is 11.8 Å². The van der Waals surface area contributed by atoms with E-state index in [0.717, 1.165) is 45.4 Å². The van der Waals surface area contributed by atoms with Crippen LogP contribution in [0.25, 0.3) is 0 Å². The molecule has 3 heterocycles. The van der Waals surface area contributed by atoms with E-state index in [2.05, 4.69) is 20.4 Å². The van der Waals surface area contributed by atoms with Crippen molar-refractivity contribution < 1.29 is 14.1 Å². The molecule has 122 valence electrons. The Kier molecular flexibility index (Phi) is 5.04. The summed E-state index contributed by atoms with van der Waals surface area (Å²) in [6.07, 6.45) is 3.82. The Balaban J connectivity index is 1.50. The van der Waals surface area contributed by atoms with Crippen molar-refractivity contribution in [2.45, 2.75) is 38.6 Å². The van der Waals surface area contributed by atoms with Crippen LogP contribution in [0.3, 0.4) is 0 Å². The molecule has 1 amide bonds. The fourth-order valence-corrected chi connectivity index (χ4v) is 3.10. The van der Waals surface area contributed by atoms with E-state index in [-0.39, 0.29) is 11.9 Å². The summed E-state index contributed by atoms with van der Waals surface area (Å²) < 4.78 is 10.5. The van der Waals surface area contributed by atoms with Crippen molar-refractivity contribution in [3.63, 3.8) is 0 Å². The summed E-state index contributed by atoms with van der Waals surface area (Å²) in [6.45, 7) is 5.57. The van der Waals surface area contributed by atoms with Gasteiger partial charge in [-0.2, -0.15) is 4.98 Å². The van der Waals surface area contributed by atoms with E-state index in [4.69, 9.17) is 9.26 Å². The number of hydrogen-bond acceptors (Lipinski definition) is 6. The molecule has 0 aliphatic carbocycles. The van der Waals surface area contributed by atoms with Crippen molar-refractivity contribution >= 4 is 5.91 Å². The molecule has 22 heavy (non-hydrogen) atoms. The maximum absolute atomic E-state index is 12.1. The van der Waals surface area contributed by atoms with E-state index in [9.17, 15) is 4.79 Å². The smallest absolute Gasteiger partial charge is 0.234 e. The molecule has 2 aliphatic heterocycles. The maximum atomic E-state index is 12.1. The zero-order valence-corrected chi connectivity index (χ0v) is 13.1. The Hall–Kier alpha value is -1.47. The first-order valence-electron chi connectivity index (χ1n) is 8.17. The molecule has 2 aliphatic rings. The lowest BCUT2D eigenvalue weighted by Crippen LogP contribution is -2.39. The van der Waals surface area contributed by atoms with Gasteiger partial charge in [0, 0.05) is 25.5 Å². The minimum Gasteiger partial charge on any atom is -0.381 e. The molecular formula is C15H24N4O3. The summed E-state index contributed by atoms with van der Waals surface area (Å²) in [4.78, 5) is 18.7. The van der Waals surface area contributed by atoms with Crippen LogP contribution in [0, 0.1) is 5.92 Å². The highest BCUT2D eigenvalue weighted by molar-refractivity contribution is 5.78. The van der Waals surface area contributed by atoms with Gasteiger partial charge in [0.15, 0.2) is 5.82 Å². The van der Waals surface area contributed by atoms with Crippen LogP contribution in [-0.2, 0) is 16.0 Å². The summed E-state index contributed by atoms with van der Waals surface area (Å²) in [7, 11) is 0. The van der Waals surface area contributed by atoms with Gasteiger partial charge in [-0.3, -0.25) is 9.69 Å². The summed E-state index contributed by atoms with van der Waals surface area (Å²) in [6, 6.07) is 0.101. The highest BCUT2D eigenvalue weighted by Crippen LogP contribution is 2.29. The quantitative estimate of drug-likeness (QED) is 0.842. The highest BCUT2D eigenvalue weighted by Gasteiger charge is 2.31. The number of ether oxygens (including phenoxy) is 1. The van der Waals surface area contributed by atoms with Crippen molar-refractivity contribution in [3.05, 3.63) is 11.7 Å². The largest absolute Gasteiger partial charge is 0.381 e. The first kappa shape index (κ1) is 15.4. The van der Waals surface area contributed by atoms with Gasteiger partial charge in [0.1, 0.15) is 0 Å². The fourth-order valence-electron chi connectivity index (χ4n) is 3.10. The second-order valence-electron chi connectivity index (χ2n) is 6.06. The standard InChI is InChI=1S/C15H24N4O3/c1-2-14-17-15(18-22-14)12-4-3-6-19(12)9-13(20)16-8-11-5-7-21-10-11/h11-12H,2-10H2,1H3,(H,16,20)/t11-,12-/m0/s1. The van der Waals surface area contributed by atoms with Crippen molar-refractivity contribution in [3.8, 4) is 0 Å². The third-order valence-electron chi connectivity index (χ3n) is 4.41. The summed E-state index contributed by atoms with van der Waals surface area (Å²) >= 11 is 0. The lowest BCUT2D eigenvalue weighted by atomic mass is 10.1. The van der Waals surface area contributed by atoms with Gasteiger partial charge in [-0.05, 0) is 25.8 Å². The van der Waals surface area contributed by atoms with Crippen LogP contribution in [0.2, 0.25) is 0 Å². The second kappa shape index (κ2) is 7.19. The number of likely N-dealkylation sites (tertiary alicyclic amines) is 1. The Morgan fingerprint density at radius 2 is 2.36 bits per heavy atom. The number of carbonyl (C=O) groups is 1. The second-order valence-corrected chi connectivity index (χ2v) is 6.06. The molecule has 1 aromatic rings. The molecule has 0 aromatic carbocycles. The van der Waals surface area contributed by atoms with Crippen molar-refractivity contribution in [1.82, 2.24) is 20.4 Å². The van der Waals surface area contributed by atoms with Gasteiger partial charge >= 0.3 is 0 Å². The minimum absolute atomic E-state index is 0.0676. The lowest BCUT2D eigenvalue weighted by molar-refractivity contribution is -0.122. The van der Waals surface area contributed by atoms with E-state index in [0.29, 0.717) is 30.7 Å². The maximum Gasteiger partial charge on any atom is 0.234 e. The van der Waals surface area contributed by atoms with Crippen molar-refractivity contribution in [2.24, 2.45) is 5.92 Å². The molecule has 0 unspecified atom stereocenters. The van der Waals surface area contributed by atoms with E-state index < -0.39 is 0 Å². The normalized spacial score (nSPS) is 25.7. The van der Waals surface area contributed by atoms with E-state index in [1.807, 2.05) is 6.92 Å². The molecule has 2 saturated heterocycles. The minimum atomic E-state index is 0.0676. The van der Waals surface area contributed by atoms with Gasteiger partial charge < -0.3 is 14.6 Å². The Morgan fingerprint density at radius 3 is 3.09 bits per heavy atom. The predicted molar refractivity (Wildman–Crippen MR) is 79.2 cm³/mol. The monoisotopic (exact) mass is 308 g/mol. The highest BCUT2D eigenvalue weighted by atomic mass is 16.5. The number of carbonyl (C=O) groups excluding carboxylic acids is 1. The Morgan fingerprint density at radius 1 is 1.45 bits per heavy atom. The Bertz CT molecular complexity index is 499. The average Bonchev–Trinajstić information content (AvgIpc) is 3.26.